The topological polar surface area (TPSA) is 84.9 Å². The third kappa shape index (κ3) is 1.54. The summed E-state index contributed by atoms with van der Waals surface area (Å²) in [4.78, 5) is 11.5. The Morgan fingerprint density at radius 2 is 2.00 bits per heavy atom. The van der Waals surface area contributed by atoms with Gasteiger partial charge >= 0.3 is 0 Å². The van der Waals surface area contributed by atoms with Gasteiger partial charge in [-0.2, -0.15) is 4.98 Å². The van der Waals surface area contributed by atoms with Crippen LogP contribution in [0.3, 0.4) is 0 Å². The molecule has 0 aliphatic heterocycles. The summed E-state index contributed by atoms with van der Waals surface area (Å²) in [5.74, 6) is 0.279. The van der Waals surface area contributed by atoms with E-state index in [1.165, 1.54) is 0 Å². The molecule has 0 bridgehead atoms. The summed E-state index contributed by atoms with van der Waals surface area (Å²) in [5.41, 5.74) is 10.5. The van der Waals surface area contributed by atoms with Crippen LogP contribution in [0.15, 0.2) is 42.9 Å². The molecule has 6 nitrogen and oxygen atoms in total. The summed E-state index contributed by atoms with van der Waals surface area (Å²) in [5, 5.41) is 4.06. The number of anilines is 1. The molecule has 3 aromatic heterocycles. The van der Waals surface area contributed by atoms with Crippen LogP contribution < -0.4 is 5.73 Å². The fourth-order valence-electron chi connectivity index (χ4n) is 2.19. The maximum Gasteiger partial charge on any atom is 0.240 e. The van der Waals surface area contributed by atoms with Crippen molar-refractivity contribution in [1.82, 2.24) is 24.6 Å². The van der Waals surface area contributed by atoms with Crippen LogP contribution in [0.4, 0.5) is 5.95 Å². The van der Waals surface area contributed by atoms with E-state index in [-0.39, 0.29) is 5.95 Å². The molecule has 0 fully saturated rings. The predicted octanol–water partition coefficient (Wildman–Crippen LogP) is 1.85. The van der Waals surface area contributed by atoms with Crippen LogP contribution in [0, 0.1) is 0 Å². The molecule has 0 amide bonds. The Morgan fingerprint density at radius 1 is 1.11 bits per heavy atom. The molecule has 0 spiro atoms. The van der Waals surface area contributed by atoms with Gasteiger partial charge in [0, 0.05) is 6.20 Å². The summed E-state index contributed by atoms with van der Waals surface area (Å²) in [7, 11) is 0. The largest absolute Gasteiger partial charge is 0.366 e. The Bertz CT molecular complexity index is 888. The summed E-state index contributed by atoms with van der Waals surface area (Å²) in [6.07, 6.45) is 3.54. The zero-order valence-electron chi connectivity index (χ0n) is 9.91. The number of aromatic nitrogens is 5. The molecule has 1 aromatic carbocycles. The lowest BCUT2D eigenvalue weighted by Gasteiger charge is -2.01. The van der Waals surface area contributed by atoms with Gasteiger partial charge in [0.25, 0.3) is 0 Å². The van der Waals surface area contributed by atoms with Crippen LogP contribution in [0.5, 0.6) is 0 Å². The Balaban J connectivity index is 1.91. The molecule has 0 saturated heterocycles. The van der Waals surface area contributed by atoms with Gasteiger partial charge < -0.3 is 10.7 Å². The highest BCUT2D eigenvalue weighted by molar-refractivity contribution is 5.82. The van der Waals surface area contributed by atoms with Gasteiger partial charge in [-0.3, -0.25) is 0 Å². The van der Waals surface area contributed by atoms with E-state index >= 15 is 0 Å². The fraction of sp³-hybridized carbons (Fsp3) is 0. The Morgan fingerprint density at radius 3 is 2.95 bits per heavy atom. The SMILES string of the molecule is Nc1nc2cc(-c3ccc4nc[nH]c4c3)ccn2n1. The number of aromatic amines is 1. The second-order valence-corrected chi connectivity index (χ2v) is 4.32. The van der Waals surface area contributed by atoms with Crippen LogP contribution in [-0.4, -0.2) is 24.6 Å². The molecule has 3 N–H and O–H groups in total. The second-order valence-electron chi connectivity index (χ2n) is 4.32. The molecule has 4 aromatic rings. The minimum Gasteiger partial charge on any atom is -0.366 e. The smallest absolute Gasteiger partial charge is 0.240 e. The number of nitrogens with zero attached hydrogens (tertiary/aromatic N) is 4. The van der Waals surface area contributed by atoms with E-state index in [4.69, 9.17) is 5.73 Å². The van der Waals surface area contributed by atoms with Crippen molar-refractivity contribution in [3.8, 4) is 11.1 Å². The van der Waals surface area contributed by atoms with Crippen molar-refractivity contribution in [2.75, 3.05) is 5.73 Å². The van der Waals surface area contributed by atoms with Gasteiger partial charge in [-0.05, 0) is 35.4 Å². The van der Waals surface area contributed by atoms with Gasteiger partial charge in [0.1, 0.15) is 0 Å². The number of hydrogen-bond acceptors (Lipinski definition) is 4. The monoisotopic (exact) mass is 250 g/mol. The van der Waals surface area contributed by atoms with E-state index in [0.29, 0.717) is 0 Å². The lowest BCUT2D eigenvalue weighted by molar-refractivity contribution is 0.968. The van der Waals surface area contributed by atoms with Crippen molar-refractivity contribution < 1.29 is 0 Å². The van der Waals surface area contributed by atoms with Crippen molar-refractivity contribution in [1.29, 1.82) is 0 Å². The number of benzene rings is 1. The van der Waals surface area contributed by atoms with Crippen LogP contribution in [0.2, 0.25) is 0 Å². The number of fused-ring (bicyclic) bond motifs is 2. The number of hydrogen-bond donors (Lipinski definition) is 2. The minimum absolute atomic E-state index is 0.279. The van der Waals surface area contributed by atoms with Gasteiger partial charge in [-0.1, -0.05) is 6.07 Å². The molecule has 0 aliphatic rings. The first kappa shape index (κ1) is 10.1. The molecule has 3 heterocycles. The number of nitrogen functional groups attached to an aromatic ring is 1. The van der Waals surface area contributed by atoms with Crippen LogP contribution in [0.1, 0.15) is 0 Å². The fourth-order valence-corrected chi connectivity index (χ4v) is 2.19. The molecule has 0 radical (unpaired) electrons. The van der Waals surface area contributed by atoms with Crippen LogP contribution >= 0.6 is 0 Å². The van der Waals surface area contributed by atoms with Crippen molar-refractivity contribution in [2.24, 2.45) is 0 Å². The normalized spacial score (nSPS) is 11.4. The number of nitrogens with one attached hydrogen (secondary N) is 1. The molecule has 0 saturated carbocycles. The number of rotatable bonds is 1. The lowest BCUT2D eigenvalue weighted by Crippen LogP contribution is -1.89. The van der Waals surface area contributed by atoms with E-state index in [1.807, 2.05) is 30.5 Å². The summed E-state index contributed by atoms with van der Waals surface area (Å²) >= 11 is 0. The Labute approximate surface area is 107 Å². The standard InChI is InChI=1S/C13H10N6/c14-13-17-12-6-9(3-4-19(12)18-13)8-1-2-10-11(5-8)16-7-15-10/h1-7H,(H2,14,18)(H,15,16). The number of H-pyrrole nitrogens is 1. The van der Waals surface area contributed by atoms with Crippen molar-refractivity contribution in [2.45, 2.75) is 0 Å². The van der Waals surface area contributed by atoms with Gasteiger partial charge in [-0.15, -0.1) is 5.10 Å². The molecule has 92 valence electrons. The van der Waals surface area contributed by atoms with E-state index in [9.17, 15) is 0 Å². The van der Waals surface area contributed by atoms with Gasteiger partial charge in [0.05, 0.1) is 17.4 Å². The molecular formula is C13H10N6. The Hall–Kier alpha value is -2.89. The van der Waals surface area contributed by atoms with Gasteiger partial charge in [-0.25, -0.2) is 9.50 Å². The third-order valence-corrected chi connectivity index (χ3v) is 3.11. The molecule has 0 unspecified atom stereocenters. The average molecular weight is 250 g/mol. The lowest BCUT2D eigenvalue weighted by atomic mass is 10.1. The molecular weight excluding hydrogens is 240 g/mol. The predicted molar refractivity (Wildman–Crippen MR) is 72.5 cm³/mol. The first-order chi connectivity index (χ1) is 9.29. The van der Waals surface area contributed by atoms with E-state index in [2.05, 4.69) is 26.1 Å². The molecule has 6 heteroatoms. The van der Waals surface area contributed by atoms with E-state index in [0.717, 1.165) is 27.8 Å². The van der Waals surface area contributed by atoms with Gasteiger partial charge in [0.2, 0.25) is 5.95 Å². The van der Waals surface area contributed by atoms with Gasteiger partial charge in [0.15, 0.2) is 5.65 Å². The number of pyridine rings is 1. The number of imidazole rings is 1. The van der Waals surface area contributed by atoms with Crippen LogP contribution in [-0.2, 0) is 0 Å². The first-order valence-corrected chi connectivity index (χ1v) is 5.85. The van der Waals surface area contributed by atoms with Crippen molar-refractivity contribution >= 4 is 22.6 Å². The maximum atomic E-state index is 5.58. The average Bonchev–Trinajstić information content (AvgIpc) is 3.01. The molecule has 4 rings (SSSR count). The second kappa shape index (κ2) is 3.55. The van der Waals surface area contributed by atoms with Crippen molar-refractivity contribution in [3.05, 3.63) is 42.9 Å². The minimum atomic E-state index is 0.279. The van der Waals surface area contributed by atoms with Crippen molar-refractivity contribution in [3.63, 3.8) is 0 Å². The van der Waals surface area contributed by atoms with Crippen LogP contribution in [0.25, 0.3) is 27.8 Å². The number of nitrogens with two attached hydrogens (primary N) is 1. The van der Waals surface area contributed by atoms with E-state index < -0.39 is 0 Å². The zero-order valence-corrected chi connectivity index (χ0v) is 9.91. The summed E-state index contributed by atoms with van der Waals surface area (Å²) in [6.45, 7) is 0. The first-order valence-electron chi connectivity index (χ1n) is 5.85. The molecule has 0 aliphatic carbocycles. The van der Waals surface area contributed by atoms with E-state index in [1.54, 1.807) is 10.8 Å². The molecule has 19 heavy (non-hydrogen) atoms. The molecule has 0 atom stereocenters. The highest BCUT2D eigenvalue weighted by Gasteiger charge is 2.05. The quantitative estimate of drug-likeness (QED) is 0.540. The zero-order chi connectivity index (χ0) is 12.8. The maximum absolute atomic E-state index is 5.58. The Kier molecular flexibility index (Phi) is 1.88. The highest BCUT2D eigenvalue weighted by Crippen LogP contribution is 2.23. The highest BCUT2D eigenvalue weighted by atomic mass is 15.3. The summed E-state index contributed by atoms with van der Waals surface area (Å²) < 4.78 is 1.66. The third-order valence-electron chi connectivity index (χ3n) is 3.11. The summed E-state index contributed by atoms with van der Waals surface area (Å²) in [6, 6.07) is 10.0.